The molecule has 1 aromatic rings. The molecule has 1 unspecified atom stereocenters. The summed E-state index contributed by atoms with van der Waals surface area (Å²) >= 11 is 3.35. The molecule has 1 aliphatic heterocycles. The Hall–Kier alpha value is -1.07. The smallest absolute Gasteiger partial charge is 0.260 e. The zero-order valence-electron chi connectivity index (χ0n) is 10.3. The summed E-state index contributed by atoms with van der Waals surface area (Å²) in [4.78, 5) is 11.8. The number of carbonyl (C=O) groups excluding carboxylic acids is 1. The maximum atomic E-state index is 11.8. The van der Waals surface area contributed by atoms with Gasteiger partial charge in [0.05, 0.1) is 0 Å². The SMILES string of the molecule is CC(Oc1ccc(Br)cc1)C(=O)NCC1CNC1. The number of carbonyl (C=O) groups is 1. The summed E-state index contributed by atoms with van der Waals surface area (Å²) in [7, 11) is 0. The summed E-state index contributed by atoms with van der Waals surface area (Å²) in [6.07, 6.45) is -0.473. The second-order valence-electron chi connectivity index (χ2n) is 4.48. The van der Waals surface area contributed by atoms with E-state index in [4.69, 9.17) is 4.74 Å². The Kier molecular flexibility index (Phi) is 4.60. The highest BCUT2D eigenvalue weighted by atomic mass is 79.9. The van der Waals surface area contributed by atoms with Crippen molar-refractivity contribution < 1.29 is 9.53 Å². The summed E-state index contributed by atoms with van der Waals surface area (Å²) in [5.41, 5.74) is 0. The van der Waals surface area contributed by atoms with Gasteiger partial charge in [-0.2, -0.15) is 0 Å². The van der Waals surface area contributed by atoms with Gasteiger partial charge in [0, 0.05) is 30.0 Å². The van der Waals surface area contributed by atoms with E-state index in [1.54, 1.807) is 6.92 Å². The second-order valence-corrected chi connectivity index (χ2v) is 5.40. The minimum Gasteiger partial charge on any atom is -0.481 e. The van der Waals surface area contributed by atoms with Crippen LogP contribution in [0.3, 0.4) is 0 Å². The molecule has 2 rings (SSSR count). The van der Waals surface area contributed by atoms with Crippen LogP contribution in [0.2, 0.25) is 0 Å². The van der Waals surface area contributed by atoms with Crippen LogP contribution in [0.15, 0.2) is 28.7 Å². The Balaban J connectivity index is 1.77. The number of halogens is 1. The number of benzene rings is 1. The molecule has 1 aromatic carbocycles. The van der Waals surface area contributed by atoms with E-state index in [9.17, 15) is 4.79 Å². The van der Waals surface area contributed by atoms with E-state index >= 15 is 0 Å². The van der Waals surface area contributed by atoms with Crippen molar-refractivity contribution in [3.8, 4) is 5.75 Å². The van der Waals surface area contributed by atoms with Gasteiger partial charge in [0.25, 0.3) is 5.91 Å². The van der Waals surface area contributed by atoms with Crippen LogP contribution >= 0.6 is 15.9 Å². The number of hydrogen-bond donors (Lipinski definition) is 2. The maximum Gasteiger partial charge on any atom is 0.260 e. The first-order valence-corrected chi connectivity index (χ1v) is 6.85. The van der Waals surface area contributed by atoms with Gasteiger partial charge >= 0.3 is 0 Å². The van der Waals surface area contributed by atoms with Crippen molar-refractivity contribution in [2.75, 3.05) is 19.6 Å². The molecule has 0 aliphatic carbocycles. The van der Waals surface area contributed by atoms with E-state index in [2.05, 4.69) is 26.6 Å². The number of ether oxygens (including phenoxy) is 1. The van der Waals surface area contributed by atoms with E-state index in [0.717, 1.165) is 24.1 Å². The molecule has 1 saturated heterocycles. The zero-order chi connectivity index (χ0) is 13.0. The molecule has 18 heavy (non-hydrogen) atoms. The third kappa shape index (κ3) is 3.71. The van der Waals surface area contributed by atoms with Crippen LogP contribution in [0.5, 0.6) is 5.75 Å². The first-order chi connectivity index (χ1) is 8.65. The lowest BCUT2D eigenvalue weighted by molar-refractivity contribution is -0.127. The molecule has 1 atom stereocenters. The lowest BCUT2D eigenvalue weighted by atomic mass is 10.0. The van der Waals surface area contributed by atoms with E-state index in [0.29, 0.717) is 11.7 Å². The first-order valence-electron chi connectivity index (χ1n) is 6.06. The second kappa shape index (κ2) is 6.20. The molecule has 1 fully saturated rings. The molecule has 1 aliphatic rings. The summed E-state index contributed by atoms with van der Waals surface area (Å²) < 4.78 is 6.56. The molecule has 0 aromatic heterocycles. The fourth-order valence-electron chi connectivity index (χ4n) is 1.65. The van der Waals surface area contributed by atoms with Gasteiger partial charge in [-0.05, 0) is 31.2 Å². The first kappa shape index (κ1) is 13.4. The topological polar surface area (TPSA) is 50.4 Å². The van der Waals surface area contributed by atoms with Crippen LogP contribution in [0, 0.1) is 5.92 Å². The molecule has 1 amide bonds. The number of rotatable bonds is 5. The van der Waals surface area contributed by atoms with Gasteiger partial charge in [0.2, 0.25) is 0 Å². The van der Waals surface area contributed by atoms with Gasteiger partial charge in [-0.3, -0.25) is 4.79 Å². The lowest BCUT2D eigenvalue weighted by Crippen LogP contribution is -2.49. The quantitative estimate of drug-likeness (QED) is 0.867. The summed E-state index contributed by atoms with van der Waals surface area (Å²) in [6, 6.07) is 7.45. The minimum atomic E-state index is -0.473. The Morgan fingerprint density at radius 2 is 2.17 bits per heavy atom. The van der Waals surface area contributed by atoms with E-state index < -0.39 is 6.10 Å². The predicted octanol–water partition coefficient (Wildman–Crippen LogP) is 1.55. The van der Waals surface area contributed by atoms with Crippen molar-refractivity contribution in [1.82, 2.24) is 10.6 Å². The normalized spacial score (nSPS) is 16.8. The van der Waals surface area contributed by atoms with Gasteiger partial charge in [-0.15, -0.1) is 0 Å². The largest absolute Gasteiger partial charge is 0.481 e. The molecule has 0 saturated carbocycles. The Labute approximate surface area is 115 Å². The average Bonchev–Trinajstić information content (AvgIpc) is 2.30. The monoisotopic (exact) mass is 312 g/mol. The van der Waals surface area contributed by atoms with Crippen molar-refractivity contribution in [2.24, 2.45) is 5.92 Å². The van der Waals surface area contributed by atoms with E-state index in [1.165, 1.54) is 0 Å². The highest BCUT2D eigenvalue weighted by Crippen LogP contribution is 2.17. The fourth-order valence-corrected chi connectivity index (χ4v) is 1.92. The van der Waals surface area contributed by atoms with Crippen molar-refractivity contribution in [3.05, 3.63) is 28.7 Å². The molecule has 0 bridgehead atoms. The average molecular weight is 313 g/mol. The maximum absolute atomic E-state index is 11.8. The van der Waals surface area contributed by atoms with Gasteiger partial charge in [-0.25, -0.2) is 0 Å². The van der Waals surface area contributed by atoms with Crippen LogP contribution in [-0.4, -0.2) is 31.6 Å². The zero-order valence-corrected chi connectivity index (χ0v) is 11.9. The molecule has 0 radical (unpaired) electrons. The summed E-state index contributed by atoms with van der Waals surface area (Å²) in [6.45, 7) is 4.46. The Bertz CT molecular complexity index is 404. The lowest BCUT2D eigenvalue weighted by Gasteiger charge is -2.27. The van der Waals surface area contributed by atoms with Crippen molar-refractivity contribution in [1.29, 1.82) is 0 Å². The van der Waals surface area contributed by atoms with Crippen LogP contribution in [0.4, 0.5) is 0 Å². The van der Waals surface area contributed by atoms with E-state index in [1.807, 2.05) is 24.3 Å². The summed E-state index contributed by atoms with van der Waals surface area (Å²) in [5, 5.41) is 6.08. The van der Waals surface area contributed by atoms with Crippen LogP contribution in [0.25, 0.3) is 0 Å². The van der Waals surface area contributed by atoms with Crippen LogP contribution < -0.4 is 15.4 Å². The van der Waals surface area contributed by atoms with Crippen LogP contribution in [-0.2, 0) is 4.79 Å². The van der Waals surface area contributed by atoms with Gasteiger partial charge in [0.1, 0.15) is 5.75 Å². The number of hydrogen-bond acceptors (Lipinski definition) is 3. The fraction of sp³-hybridized carbons (Fsp3) is 0.462. The molecule has 4 nitrogen and oxygen atoms in total. The highest BCUT2D eigenvalue weighted by Gasteiger charge is 2.20. The third-order valence-corrected chi connectivity index (χ3v) is 3.46. The highest BCUT2D eigenvalue weighted by molar-refractivity contribution is 9.10. The molecule has 2 N–H and O–H groups in total. The van der Waals surface area contributed by atoms with Gasteiger partial charge in [0.15, 0.2) is 6.10 Å². The molecular formula is C13H17BrN2O2. The van der Waals surface area contributed by atoms with Crippen molar-refractivity contribution >= 4 is 21.8 Å². The molecule has 5 heteroatoms. The van der Waals surface area contributed by atoms with Crippen molar-refractivity contribution in [3.63, 3.8) is 0 Å². The minimum absolute atomic E-state index is 0.0650. The number of nitrogens with one attached hydrogen (secondary N) is 2. The van der Waals surface area contributed by atoms with Gasteiger partial charge < -0.3 is 15.4 Å². The molecule has 0 spiro atoms. The van der Waals surface area contributed by atoms with E-state index in [-0.39, 0.29) is 5.91 Å². The number of amides is 1. The molecule has 1 heterocycles. The third-order valence-electron chi connectivity index (χ3n) is 2.93. The van der Waals surface area contributed by atoms with Crippen molar-refractivity contribution in [2.45, 2.75) is 13.0 Å². The van der Waals surface area contributed by atoms with Crippen LogP contribution in [0.1, 0.15) is 6.92 Å². The Morgan fingerprint density at radius 1 is 1.50 bits per heavy atom. The predicted molar refractivity (Wildman–Crippen MR) is 73.6 cm³/mol. The Morgan fingerprint density at radius 3 is 2.72 bits per heavy atom. The standard InChI is InChI=1S/C13H17BrN2O2/c1-9(13(17)16-8-10-6-15-7-10)18-12-4-2-11(14)3-5-12/h2-5,9-10,15H,6-8H2,1H3,(H,16,17). The summed E-state index contributed by atoms with van der Waals surface area (Å²) in [5.74, 6) is 1.20. The molecule has 98 valence electrons. The van der Waals surface area contributed by atoms with Gasteiger partial charge in [-0.1, -0.05) is 15.9 Å². The molecular weight excluding hydrogens is 296 g/mol.